The SMILES string of the molecule is CNC(=O)[C@@H](c1ccccc1)N1CCn2c(OC)nc(C(F)(F)F)c2C1CCc1ccc(C(F)(F)F)cc1. The Balaban J connectivity index is 1.79. The maximum absolute atomic E-state index is 14.2. The molecule has 1 aliphatic rings. The summed E-state index contributed by atoms with van der Waals surface area (Å²) in [7, 11) is 2.69. The van der Waals surface area contributed by atoms with E-state index in [1.807, 2.05) is 0 Å². The minimum atomic E-state index is -4.79. The van der Waals surface area contributed by atoms with E-state index in [0.717, 1.165) is 12.1 Å². The number of benzene rings is 2. The van der Waals surface area contributed by atoms with Crippen LogP contribution in [0.25, 0.3) is 0 Å². The number of hydrogen-bond donors (Lipinski definition) is 1. The molecule has 1 N–H and O–H groups in total. The summed E-state index contributed by atoms with van der Waals surface area (Å²) in [6, 6.07) is 11.2. The highest BCUT2D eigenvalue weighted by atomic mass is 19.4. The van der Waals surface area contributed by atoms with Crippen LogP contribution in [0.4, 0.5) is 26.3 Å². The number of imidazole rings is 1. The average Bonchev–Trinajstić information content (AvgIpc) is 3.28. The molecule has 0 spiro atoms. The lowest BCUT2D eigenvalue weighted by Gasteiger charge is -2.41. The van der Waals surface area contributed by atoms with Gasteiger partial charge in [-0.2, -0.15) is 31.3 Å². The van der Waals surface area contributed by atoms with Crippen molar-refractivity contribution in [3.05, 3.63) is 82.7 Å². The Morgan fingerprint density at radius 1 is 1.03 bits per heavy atom. The van der Waals surface area contributed by atoms with Gasteiger partial charge in [0.1, 0.15) is 6.04 Å². The standard InChI is InChI=1S/C26H26F6N4O2/c1-33-23(37)20(17-6-4-3-5-7-17)35-14-15-36-21(22(26(30,31)32)34-24(36)38-2)19(35)13-10-16-8-11-18(12-9-16)25(27,28)29/h3-9,11-12,19-20H,10,13-15H2,1-2H3,(H,33,37)/t19?,20-/m1/s1. The maximum Gasteiger partial charge on any atom is 0.435 e. The molecule has 1 aromatic heterocycles. The van der Waals surface area contributed by atoms with Crippen molar-refractivity contribution in [2.24, 2.45) is 0 Å². The fourth-order valence-electron chi connectivity index (χ4n) is 4.93. The zero-order valence-corrected chi connectivity index (χ0v) is 20.6. The van der Waals surface area contributed by atoms with Crippen LogP contribution in [0.1, 0.15) is 46.6 Å². The Kier molecular flexibility index (Phi) is 7.73. The molecule has 1 unspecified atom stereocenters. The van der Waals surface area contributed by atoms with Gasteiger partial charge in [0.25, 0.3) is 6.01 Å². The molecule has 1 amide bonds. The maximum atomic E-state index is 14.2. The largest absolute Gasteiger partial charge is 0.468 e. The first-order valence-electron chi connectivity index (χ1n) is 11.9. The van der Waals surface area contributed by atoms with E-state index in [-0.39, 0.29) is 37.6 Å². The fraction of sp³-hybridized carbons (Fsp3) is 0.385. The lowest BCUT2D eigenvalue weighted by molar-refractivity contribution is -0.143. The highest BCUT2D eigenvalue weighted by Gasteiger charge is 2.46. The number of alkyl halides is 6. The zero-order valence-electron chi connectivity index (χ0n) is 20.6. The van der Waals surface area contributed by atoms with Crippen LogP contribution in [-0.2, 0) is 30.1 Å². The summed E-state index contributed by atoms with van der Waals surface area (Å²) in [6.45, 7) is 0.306. The van der Waals surface area contributed by atoms with Gasteiger partial charge < -0.3 is 10.1 Å². The van der Waals surface area contributed by atoms with E-state index in [4.69, 9.17) is 4.74 Å². The number of nitrogens with one attached hydrogen (secondary N) is 1. The van der Waals surface area contributed by atoms with Crippen molar-refractivity contribution in [2.75, 3.05) is 20.7 Å². The topological polar surface area (TPSA) is 59.4 Å². The molecular formula is C26H26F6N4O2. The summed E-state index contributed by atoms with van der Waals surface area (Å²) in [6.07, 6.45) is -9.04. The van der Waals surface area contributed by atoms with Crippen LogP contribution in [0.3, 0.4) is 0 Å². The van der Waals surface area contributed by atoms with Gasteiger partial charge in [-0.15, -0.1) is 0 Å². The number of carbonyl (C=O) groups is 1. The molecule has 0 saturated carbocycles. The zero-order chi connectivity index (χ0) is 27.7. The molecule has 0 bridgehead atoms. The number of methoxy groups -OCH3 is 1. The van der Waals surface area contributed by atoms with Crippen molar-refractivity contribution >= 4 is 5.91 Å². The molecule has 6 nitrogen and oxygen atoms in total. The molecule has 1 aliphatic heterocycles. The number of hydrogen-bond acceptors (Lipinski definition) is 4. The molecular weight excluding hydrogens is 514 g/mol. The molecule has 0 radical (unpaired) electrons. The molecule has 0 fully saturated rings. The molecule has 2 heterocycles. The number of fused-ring (bicyclic) bond motifs is 1. The van der Waals surface area contributed by atoms with Gasteiger partial charge in [-0.05, 0) is 36.1 Å². The number of halogens is 6. The molecule has 12 heteroatoms. The summed E-state index contributed by atoms with van der Waals surface area (Å²) in [5.74, 6) is -0.399. The molecule has 204 valence electrons. The number of carbonyl (C=O) groups excluding carboxylic acids is 1. The molecule has 0 aliphatic carbocycles. The summed E-state index contributed by atoms with van der Waals surface area (Å²) >= 11 is 0. The van der Waals surface area contributed by atoms with Crippen LogP contribution in [0.2, 0.25) is 0 Å². The summed E-state index contributed by atoms with van der Waals surface area (Å²) < 4.78 is 88.0. The first-order chi connectivity index (χ1) is 18.0. The van der Waals surface area contributed by atoms with E-state index in [1.165, 1.54) is 30.9 Å². The summed E-state index contributed by atoms with van der Waals surface area (Å²) in [5, 5.41) is 2.60. The van der Waals surface area contributed by atoms with Gasteiger partial charge in [0.15, 0.2) is 5.69 Å². The molecule has 38 heavy (non-hydrogen) atoms. The van der Waals surface area contributed by atoms with Crippen molar-refractivity contribution in [1.82, 2.24) is 19.8 Å². The first-order valence-corrected chi connectivity index (χ1v) is 11.9. The van der Waals surface area contributed by atoms with Gasteiger partial charge in [-0.25, -0.2) is 0 Å². The van der Waals surface area contributed by atoms with E-state index < -0.39 is 41.6 Å². The van der Waals surface area contributed by atoms with Crippen LogP contribution in [0, 0.1) is 0 Å². The fourth-order valence-corrected chi connectivity index (χ4v) is 4.93. The van der Waals surface area contributed by atoms with E-state index in [9.17, 15) is 31.1 Å². The predicted octanol–water partition coefficient (Wildman–Crippen LogP) is 5.41. The third kappa shape index (κ3) is 5.50. The van der Waals surface area contributed by atoms with Gasteiger partial charge in [0, 0.05) is 20.1 Å². The summed E-state index contributed by atoms with van der Waals surface area (Å²) in [4.78, 5) is 18.5. The molecule has 4 rings (SSSR count). The number of aryl methyl sites for hydroxylation is 1. The van der Waals surface area contributed by atoms with Crippen LogP contribution in [0.5, 0.6) is 6.01 Å². The smallest absolute Gasteiger partial charge is 0.435 e. The Labute approximate surface area is 215 Å². The van der Waals surface area contributed by atoms with Crippen LogP contribution < -0.4 is 10.1 Å². The van der Waals surface area contributed by atoms with E-state index in [1.54, 1.807) is 35.2 Å². The number of ether oxygens (including phenoxy) is 1. The van der Waals surface area contributed by atoms with Crippen LogP contribution in [0.15, 0.2) is 54.6 Å². The minimum absolute atomic E-state index is 0.0869. The van der Waals surface area contributed by atoms with E-state index in [0.29, 0.717) is 11.1 Å². The van der Waals surface area contributed by atoms with Gasteiger partial charge in [-0.1, -0.05) is 42.5 Å². The van der Waals surface area contributed by atoms with Crippen molar-refractivity contribution in [3.8, 4) is 6.01 Å². The third-order valence-corrected chi connectivity index (χ3v) is 6.65. The van der Waals surface area contributed by atoms with Gasteiger partial charge in [-0.3, -0.25) is 14.3 Å². The van der Waals surface area contributed by atoms with Crippen molar-refractivity contribution in [2.45, 2.75) is 43.8 Å². The van der Waals surface area contributed by atoms with E-state index >= 15 is 0 Å². The van der Waals surface area contributed by atoms with E-state index in [2.05, 4.69) is 10.3 Å². The molecule has 3 aromatic rings. The Morgan fingerprint density at radius 3 is 2.24 bits per heavy atom. The third-order valence-electron chi connectivity index (χ3n) is 6.65. The molecule has 2 aromatic carbocycles. The van der Waals surface area contributed by atoms with Crippen molar-refractivity contribution < 1.29 is 35.9 Å². The van der Waals surface area contributed by atoms with Gasteiger partial charge in [0.2, 0.25) is 5.91 Å². The Morgan fingerprint density at radius 2 is 1.68 bits per heavy atom. The van der Waals surface area contributed by atoms with Crippen molar-refractivity contribution in [1.29, 1.82) is 0 Å². The lowest BCUT2D eigenvalue weighted by atomic mass is 9.94. The number of rotatable bonds is 7. The van der Waals surface area contributed by atoms with Gasteiger partial charge >= 0.3 is 12.4 Å². The monoisotopic (exact) mass is 540 g/mol. The van der Waals surface area contributed by atoms with Crippen LogP contribution >= 0.6 is 0 Å². The second-order valence-corrected chi connectivity index (χ2v) is 8.90. The van der Waals surface area contributed by atoms with Crippen molar-refractivity contribution in [3.63, 3.8) is 0 Å². The molecule has 2 atom stereocenters. The number of aromatic nitrogens is 2. The van der Waals surface area contributed by atoms with Gasteiger partial charge in [0.05, 0.1) is 24.4 Å². The second kappa shape index (κ2) is 10.7. The number of amides is 1. The lowest BCUT2D eigenvalue weighted by Crippen LogP contribution is -2.46. The highest BCUT2D eigenvalue weighted by Crippen LogP contribution is 2.44. The molecule has 0 saturated heterocycles. The Bertz CT molecular complexity index is 1260. The summed E-state index contributed by atoms with van der Waals surface area (Å²) in [5.41, 5.74) is -0.949. The minimum Gasteiger partial charge on any atom is -0.468 e. The second-order valence-electron chi connectivity index (χ2n) is 8.90. The quantitative estimate of drug-likeness (QED) is 0.408. The van der Waals surface area contributed by atoms with Crippen LogP contribution in [-0.4, -0.2) is 41.1 Å². The predicted molar refractivity (Wildman–Crippen MR) is 126 cm³/mol. The normalized spacial score (nSPS) is 17.1. The number of likely N-dealkylation sites (N-methyl/N-ethyl adjacent to an activating group) is 1. The average molecular weight is 541 g/mol. The Hall–Kier alpha value is -3.54. The highest BCUT2D eigenvalue weighted by molar-refractivity contribution is 5.83. The number of nitrogens with zero attached hydrogens (tertiary/aromatic N) is 3. The first kappa shape index (κ1) is 27.5.